The van der Waals surface area contributed by atoms with Crippen LogP contribution in [0.1, 0.15) is 13.8 Å². The molecular formula is C8H8Br2. The first-order valence-corrected chi connectivity index (χ1v) is 4.45. The van der Waals surface area contributed by atoms with Crippen LogP contribution >= 0.6 is 31.9 Å². The second-order valence-electron chi connectivity index (χ2n) is 1.52. The van der Waals surface area contributed by atoms with Crippen molar-refractivity contribution in [1.29, 1.82) is 0 Å². The van der Waals surface area contributed by atoms with Crippen LogP contribution in [0.15, 0.2) is 21.1 Å². The molecule has 0 unspecified atom stereocenters. The van der Waals surface area contributed by atoms with Gasteiger partial charge < -0.3 is 0 Å². The molecule has 0 N–H and O–H groups in total. The van der Waals surface area contributed by atoms with Crippen LogP contribution < -0.4 is 0 Å². The second-order valence-corrected chi connectivity index (χ2v) is 3.23. The number of halogens is 2. The van der Waals surface area contributed by atoms with Gasteiger partial charge in [-0.15, -0.1) is 0 Å². The zero-order chi connectivity index (χ0) is 7.98. The van der Waals surface area contributed by atoms with E-state index in [-0.39, 0.29) is 0 Å². The van der Waals surface area contributed by atoms with E-state index in [0.717, 1.165) is 8.96 Å². The highest BCUT2D eigenvalue weighted by Crippen LogP contribution is 2.05. The van der Waals surface area contributed by atoms with Crippen molar-refractivity contribution in [2.45, 2.75) is 13.8 Å². The van der Waals surface area contributed by atoms with Crippen molar-refractivity contribution in [3.05, 3.63) is 21.1 Å². The Kier molecular flexibility index (Phi) is 5.76. The maximum atomic E-state index is 3.27. The molecule has 0 bridgehead atoms. The van der Waals surface area contributed by atoms with E-state index in [9.17, 15) is 0 Å². The molecule has 0 radical (unpaired) electrons. The van der Waals surface area contributed by atoms with Gasteiger partial charge in [0.1, 0.15) is 0 Å². The molecule has 0 saturated heterocycles. The molecule has 0 aromatic carbocycles. The largest absolute Gasteiger partial charge is 0.0648 e. The number of hydrogen-bond acceptors (Lipinski definition) is 0. The summed E-state index contributed by atoms with van der Waals surface area (Å²) >= 11 is 6.55. The van der Waals surface area contributed by atoms with Crippen molar-refractivity contribution >= 4 is 31.9 Å². The third kappa shape index (κ3) is 4.84. The van der Waals surface area contributed by atoms with Gasteiger partial charge in [-0.1, -0.05) is 24.0 Å². The smallest absolute Gasteiger partial charge is 0.0635 e. The highest BCUT2D eigenvalue weighted by Gasteiger charge is 1.79. The Morgan fingerprint density at radius 3 is 1.50 bits per heavy atom. The fourth-order valence-corrected chi connectivity index (χ4v) is 0.462. The molecule has 0 rings (SSSR count). The predicted octanol–water partition coefficient (Wildman–Crippen LogP) is 3.59. The van der Waals surface area contributed by atoms with Gasteiger partial charge in [0.05, 0.1) is 8.96 Å². The van der Waals surface area contributed by atoms with Gasteiger partial charge in [0, 0.05) is 0 Å². The lowest BCUT2D eigenvalue weighted by molar-refractivity contribution is 1.73. The van der Waals surface area contributed by atoms with Crippen molar-refractivity contribution in [3.63, 3.8) is 0 Å². The topological polar surface area (TPSA) is 0 Å². The molecule has 0 aliphatic heterocycles. The van der Waals surface area contributed by atoms with Gasteiger partial charge in [-0.3, -0.25) is 0 Å². The highest BCUT2D eigenvalue weighted by molar-refractivity contribution is 9.12. The van der Waals surface area contributed by atoms with Crippen LogP contribution in [-0.2, 0) is 0 Å². The minimum atomic E-state index is 0.909. The maximum Gasteiger partial charge on any atom is 0.0635 e. The van der Waals surface area contributed by atoms with Crippen LogP contribution in [0, 0.1) is 11.8 Å². The predicted molar refractivity (Wildman–Crippen MR) is 53.1 cm³/mol. The molecule has 0 aromatic heterocycles. The molecular weight excluding hydrogens is 256 g/mol. The maximum absolute atomic E-state index is 3.27. The summed E-state index contributed by atoms with van der Waals surface area (Å²) in [5.74, 6) is 5.79. The fourth-order valence-electron chi connectivity index (χ4n) is 0.264. The zero-order valence-corrected chi connectivity index (χ0v) is 9.08. The van der Waals surface area contributed by atoms with Crippen molar-refractivity contribution in [1.82, 2.24) is 0 Å². The summed E-state index contributed by atoms with van der Waals surface area (Å²) in [7, 11) is 0. The van der Waals surface area contributed by atoms with E-state index < -0.39 is 0 Å². The lowest BCUT2D eigenvalue weighted by Crippen LogP contribution is -1.62. The van der Waals surface area contributed by atoms with Crippen molar-refractivity contribution < 1.29 is 0 Å². The quantitative estimate of drug-likeness (QED) is 0.586. The molecule has 10 heavy (non-hydrogen) atoms. The van der Waals surface area contributed by atoms with Crippen LogP contribution in [0.3, 0.4) is 0 Å². The average Bonchev–Trinajstić information content (AvgIpc) is 1.99. The van der Waals surface area contributed by atoms with Crippen molar-refractivity contribution in [3.8, 4) is 11.8 Å². The molecule has 0 saturated carbocycles. The number of rotatable bonds is 0. The SMILES string of the molecule is C/C=C(/Br)C#C/C(Br)=C\C. The Morgan fingerprint density at radius 2 is 1.30 bits per heavy atom. The van der Waals surface area contributed by atoms with Gasteiger partial charge in [-0.25, -0.2) is 0 Å². The Bertz CT molecular complexity index is 191. The third-order valence-corrected chi connectivity index (χ3v) is 2.12. The van der Waals surface area contributed by atoms with E-state index in [0.29, 0.717) is 0 Å². The zero-order valence-electron chi connectivity index (χ0n) is 5.91. The monoisotopic (exact) mass is 262 g/mol. The van der Waals surface area contributed by atoms with E-state index in [1.165, 1.54) is 0 Å². The summed E-state index contributed by atoms with van der Waals surface area (Å²) in [5.41, 5.74) is 0. The normalized spacial score (nSPS) is 12.4. The van der Waals surface area contributed by atoms with Crippen LogP contribution in [-0.4, -0.2) is 0 Å². The molecule has 0 aliphatic rings. The lowest BCUT2D eigenvalue weighted by atomic mass is 10.4. The van der Waals surface area contributed by atoms with Crippen molar-refractivity contribution in [2.75, 3.05) is 0 Å². The molecule has 0 nitrogen and oxygen atoms in total. The molecule has 0 heterocycles. The van der Waals surface area contributed by atoms with Crippen LogP contribution in [0.25, 0.3) is 0 Å². The Hall–Kier alpha value is -0.0000000000000000555. The Labute approximate surface area is 78.6 Å². The van der Waals surface area contributed by atoms with Gasteiger partial charge >= 0.3 is 0 Å². The molecule has 0 fully saturated rings. The second kappa shape index (κ2) is 5.76. The average molecular weight is 264 g/mol. The summed E-state index contributed by atoms with van der Waals surface area (Å²) in [6.07, 6.45) is 3.81. The van der Waals surface area contributed by atoms with Crippen LogP contribution in [0.4, 0.5) is 0 Å². The Balaban J connectivity index is 4.18. The van der Waals surface area contributed by atoms with Crippen molar-refractivity contribution in [2.24, 2.45) is 0 Å². The molecule has 0 spiro atoms. The van der Waals surface area contributed by atoms with Gasteiger partial charge in [-0.2, -0.15) is 0 Å². The van der Waals surface area contributed by atoms with Gasteiger partial charge in [0.2, 0.25) is 0 Å². The minimum absolute atomic E-state index is 0.909. The molecule has 0 aliphatic carbocycles. The molecule has 0 atom stereocenters. The summed E-state index contributed by atoms with van der Waals surface area (Å²) in [5, 5.41) is 0. The van der Waals surface area contributed by atoms with E-state index in [1.807, 2.05) is 26.0 Å². The van der Waals surface area contributed by atoms with Gasteiger partial charge in [0.25, 0.3) is 0 Å². The summed E-state index contributed by atoms with van der Waals surface area (Å²) < 4.78 is 1.82. The molecule has 0 amide bonds. The van der Waals surface area contributed by atoms with Crippen LogP contribution in [0.5, 0.6) is 0 Å². The molecule has 54 valence electrons. The van der Waals surface area contributed by atoms with Crippen LogP contribution in [0.2, 0.25) is 0 Å². The number of allylic oxidation sites excluding steroid dienone is 4. The van der Waals surface area contributed by atoms with E-state index in [2.05, 4.69) is 43.7 Å². The van der Waals surface area contributed by atoms with E-state index >= 15 is 0 Å². The Morgan fingerprint density at radius 1 is 1.00 bits per heavy atom. The van der Waals surface area contributed by atoms with Gasteiger partial charge in [-0.05, 0) is 45.7 Å². The van der Waals surface area contributed by atoms with E-state index in [4.69, 9.17) is 0 Å². The first-order valence-electron chi connectivity index (χ1n) is 2.86. The lowest BCUT2D eigenvalue weighted by Gasteiger charge is -1.79. The third-order valence-electron chi connectivity index (χ3n) is 0.808. The summed E-state index contributed by atoms with van der Waals surface area (Å²) in [6, 6.07) is 0. The summed E-state index contributed by atoms with van der Waals surface area (Å²) in [6.45, 7) is 3.87. The van der Waals surface area contributed by atoms with E-state index in [1.54, 1.807) is 0 Å². The van der Waals surface area contributed by atoms with Gasteiger partial charge in [0.15, 0.2) is 0 Å². The first kappa shape index (κ1) is 10.0. The summed E-state index contributed by atoms with van der Waals surface area (Å²) in [4.78, 5) is 0. The minimum Gasteiger partial charge on any atom is -0.0648 e. The standard InChI is InChI=1S/C8H8Br2/c1-3-7(9)5-6-8(10)4-2/h3-4H,1-2H3/b7-3+,8-4+. The first-order chi connectivity index (χ1) is 4.70. The fraction of sp³-hybridized carbons (Fsp3) is 0.250. The highest BCUT2D eigenvalue weighted by atomic mass is 79.9. The molecule has 2 heteroatoms. The molecule has 0 aromatic rings. The number of hydrogen-bond donors (Lipinski definition) is 0.